The molecule has 1 aliphatic rings. The van der Waals surface area contributed by atoms with Crippen molar-refractivity contribution in [1.82, 2.24) is 9.38 Å². The molecule has 1 aliphatic heterocycles. The molecule has 0 spiro atoms. The van der Waals surface area contributed by atoms with E-state index in [0.29, 0.717) is 35.5 Å². The number of benzene rings is 1. The van der Waals surface area contributed by atoms with Gasteiger partial charge >= 0.3 is 0 Å². The zero-order chi connectivity index (χ0) is 20.4. The number of amides is 2. The molecule has 148 valence electrons. The Kier molecular flexibility index (Phi) is 5.09. The highest BCUT2D eigenvalue weighted by Crippen LogP contribution is 2.22. The number of ether oxygens (including phenoxy) is 1. The molecule has 4 rings (SSSR count). The van der Waals surface area contributed by atoms with E-state index in [1.165, 1.54) is 10.6 Å². The van der Waals surface area contributed by atoms with E-state index in [-0.39, 0.29) is 17.2 Å². The SMILES string of the molecule is Cc1c(NC(=O)C2CCCO2)cccc1C(=O)Nc1cnc2ccccn2c1=O. The molecule has 1 saturated heterocycles. The summed E-state index contributed by atoms with van der Waals surface area (Å²) >= 11 is 0. The van der Waals surface area contributed by atoms with Gasteiger partial charge in [0, 0.05) is 24.1 Å². The number of nitrogens with one attached hydrogen (secondary N) is 2. The van der Waals surface area contributed by atoms with Crippen LogP contribution in [0.25, 0.3) is 5.65 Å². The van der Waals surface area contributed by atoms with Crippen molar-refractivity contribution in [1.29, 1.82) is 0 Å². The number of hydrogen-bond acceptors (Lipinski definition) is 5. The average molecular weight is 392 g/mol. The van der Waals surface area contributed by atoms with Crippen molar-refractivity contribution in [3.8, 4) is 0 Å². The average Bonchev–Trinajstić information content (AvgIpc) is 3.27. The number of hydrogen-bond donors (Lipinski definition) is 2. The Labute approximate surface area is 166 Å². The number of rotatable bonds is 4. The van der Waals surface area contributed by atoms with E-state index in [0.717, 1.165) is 6.42 Å². The van der Waals surface area contributed by atoms with Gasteiger partial charge in [-0.1, -0.05) is 12.1 Å². The minimum atomic E-state index is -0.462. The van der Waals surface area contributed by atoms with Crippen LogP contribution in [0, 0.1) is 6.92 Å². The van der Waals surface area contributed by atoms with Gasteiger partial charge in [-0.2, -0.15) is 0 Å². The predicted molar refractivity (Wildman–Crippen MR) is 108 cm³/mol. The Balaban J connectivity index is 1.57. The first-order valence-electron chi connectivity index (χ1n) is 9.34. The molecule has 3 aromatic rings. The fourth-order valence-electron chi connectivity index (χ4n) is 3.32. The largest absolute Gasteiger partial charge is 0.368 e. The molecule has 0 aliphatic carbocycles. The maximum Gasteiger partial charge on any atom is 0.281 e. The molecule has 29 heavy (non-hydrogen) atoms. The third-order valence-corrected chi connectivity index (χ3v) is 4.92. The number of anilines is 2. The standard InChI is InChI=1S/C21H20N4O4/c1-13-14(6-4-7-15(13)23-20(27)17-8-5-11-29-17)19(26)24-16-12-22-18-9-2-3-10-25(18)21(16)28/h2-4,6-7,9-10,12,17H,5,8,11H2,1H3,(H,23,27)(H,24,26). The van der Waals surface area contributed by atoms with Crippen LogP contribution in [0.1, 0.15) is 28.8 Å². The molecule has 0 radical (unpaired) electrons. The van der Waals surface area contributed by atoms with E-state index in [9.17, 15) is 14.4 Å². The summed E-state index contributed by atoms with van der Waals surface area (Å²) in [5.74, 6) is -0.675. The van der Waals surface area contributed by atoms with Gasteiger partial charge in [-0.3, -0.25) is 18.8 Å². The van der Waals surface area contributed by atoms with E-state index in [1.807, 2.05) is 0 Å². The fraction of sp³-hybridized carbons (Fsp3) is 0.238. The van der Waals surface area contributed by atoms with Crippen LogP contribution in [0.15, 0.2) is 53.6 Å². The van der Waals surface area contributed by atoms with Crippen LogP contribution in [0.3, 0.4) is 0 Å². The second-order valence-electron chi connectivity index (χ2n) is 6.83. The number of carbonyl (C=O) groups excluding carboxylic acids is 2. The normalized spacial score (nSPS) is 16.0. The summed E-state index contributed by atoms with van der Waals surface area (Å²) in [5.41, 5.74) is 1.69. The highest BCUT2D eigenvalue weighted by molar-refractivity contribution is 6.07. The van der Waals surface area contributed by atoms with E-state index in [4.69, 9.17) is 4.74 Å². The monoisotopic (exact) mass is 392 g/mol. The van der Waals surface area contributed by atoms with Crippen LogP contribution in [0.4, 0.5) is 11.4 Å². The molecule has 3 heterocycles. The molecule has 1 atom stereocenters. The van der Waals surface area contributed by atoms with Gasteiger partial charge < -0.3 is 15.4 Å². The lowest BCUT2D eigenvalue weighted by Gasteiger charge is -2.15. The van der Waals surface area contributed by atoms with Crippen molar-refractivity contribution < 1.29 is 14.3 Å². The number of nitrogens with zero attached hydrogens (tertiary/aromatic N) is 2. The minimum Gasteiger partial charge on any atom is -0.368 e. The van der Waals surface area contributed by atoms with Gasteiger partial charge in [-0.15, -0.1) is 0 Å². The molecule has 1 fully saturated rings. The molecule has 8 nitrogen and oxygen atoms in total. The van der Waals surface area contributed by atoms with Crippen LogP contribution >= 0.6 is 0 Å². The molecule has 0 bridgehead atoms. The Morgan fingerprint density at radius 1 is 1.14 bits per heavy atom. The summed E-state index contributed by atoms with van der Waals surface area (Å²) in [4.78, 5) is 41.9. The summed E-state index contributed by atoms with van der Waals surface area (Å²) < 4.78 is 6.76. The molecule has 2 amide bonds. The molecule has 2 N–H and O–H groups in total. The van der Waals surface area contributed by atoms with Crippen molar-refractivity contribution >= 4 is 28.8 Å². The first-order valence-corrected chi connectivity index (χ1v) is 9.34. The topological polar surface area (TPSA) is 102 Å². The molecule has 0 saturated carbocycles. The second-order valence-corrected chi connectivity index (χ2v) is 6.83. The molecule has 1 aromatic carbocycles. The quantitative estimate of drug-likeness (QED) is 0.710. The lowest BCUT2D eigenvalue weighted by Crippen LogP contribution is -2.28. The summed E-state index contributed by atoms with van der Waals surface area (Å²) in [6, 6.07) is 10.2. The van der Waals surface area contributed by atoms with Crippen molar-refractivity contribution in [3.05, 3.63) is 70.3 Å². The Morgan fingerprint density at radius 3 is 2.79 bits per heavy atom. The Bertz CT molecular complexity index is 1150. The third-order valence-electron chi connectivity index (χ3n) is 4.92. The first kappa shape index (κ1) is 18.8. The van der Waals surface area contributed by atoms with E-state index < -0.39 is 12.0 Å². The van der Waals surface area contributed by atoms with Crippen LogP contribution in [-0.4, -0.2) is 33.9 Å². The zero-order valence-corrected chi connectivity index (χ0v) is 15.8. The maximum atomic E-state index is 12.8. The Morgan fingerprint density at radius 2 is 2.00 bits per heavy atom. The van der Waals surface area contributed by atoms with Crippen LogP contribution < -0.4 is 16.2 Å². The highest BCUT2D eigenvalue weighted by Gasteiger charge is 2.24. The first-order chi connectivity index (χ1) is 14.0. The summed E-state index contributed by atoms with van der Waals surface area (Å²) in [7, 11) is 0. The van der Waals surface area contributed by atoms with Crippen LogP contribution in [0.5, 0.6) is 0 Å². The van der Waals surface area contributed by atoms with E-state index in [2.05, 4.69) is 15.6 Å². The summed E-state index contributed by atoms with van der Waals surface area (Å²) in [5, 5.41) is 5.45. The smallest absolute Gasteiger partial charge is 0.281 e. The summed E-state index contributed by atoms with van der Waals surface area (Å²) in [6.45, 7) is 2.32. The predicted octanol–water partition coefficient (Wildman–Crippen LogP) is 2.37. The lowest BCUT2D eigenvalue weighted by molar-refractivity contribution is -0.124. The van der Waals surface area contributed by atoms with Gasteiger partial charge in [-0.25, -0.2) is 4.98 Å². The third kappa shape index (κ3) is 3.74. The van der Waals surface area contributed by atoms with Crippen LogP contribution in [0.2, 0.25) is 0 Å². The van der Waals surface area contributed by atoms with Crippen molar-refractivity contribution in [3.63, 3.8) is 0 Å². The number of aromatic nitrogens is 2. The van der Waals surface area contributed by atoms with Crippen LogP contribution in [-0.2, 0) is 9.53 Å². The molecule has 8 heteroatoms. The second kappa shape index (κ2) is 7.84. The lowest BCUT2D eigenvalue weighted by atomic mass is 10.1. The minimum absolute atomic E-state index is 0.0758. The van der Waals surface area contributed by atoms with E-state index in [1.54, 1.807) is 49.5 Å². The number of pyridine rings is 1. The van der Waals surface area contributed by atoms with E-state index >= 15 is 0 Å². The van der Waals surface area contributed by atoms with Crippen molar-refractivity contribution in [2.24, 2.45) is 0 Å². The molecular formula is C21H20N4O4. The van der Waals surface area contributed by atoms with Gasteiger partial charge in [0.05, 0.1) is 6.20 Å². The van der Waals surface area contributed by atoms with Gasteiger partial charge in [0.2, 0.25) is 0 Å². The zero-order valence-electron chi connectivity index (χ0n) is 15.8. The van der Waals surface area contributed by atoms with Gasteiger partial charge in [0.1, 0.15) is 17.4 Å². The maximum absolute atomic E-state index is 12.8. The number of carbonyl (C=O) groups is 2. The van der Waals surface area contributed by atoms with Crippen molar-refractivity contribution in [2.45, 2.75) is 25.9 Å². The highest BCUT2D eigenvalue weighted by atomic mass is 16.5. The van der Waals surface area contributed by atoms with Gasteiger partial charge in [0.15, 0.2) is 0 Å². The molecule has 2 aromatic heterocycles. The summed E-state index contributed by atoms with van der Waals surface area (Å²) in [6.07, 6.45) is 4.01. The Hall–Kier alpha value is -3.52. The molecular weight excluding hydrogens is 372 g/mol. The van der Waals surface area contributed by atoms with Gasteiger partial charge in [0.25, 0.3) is 17.4 Å². The molecule has 1 unspecified atom stereocenters. The van der Waals surface area contributed by atoms with Gasteiger partial charge in [-0.05, 0) is 49.6 Å². The number of fused-ring (bicyclic) bond motifs is 1. The van der Waals surface area contributed by atoms with Crippen molar-refractivity contribution in [2.75, 3.05) is 17.2 Å². The fourth-order valence-corrected chi connectivity index (χ4v) is 3.32.